The third-order valence-electron chi connectivity index (χ3n) is 7.52. The smallest absolute Gasteiger partial charge is 0.264 e. The van der Waals surface area contributed by atoms with E-state index >= 15 is 0 Å². The van der Waals surface area contributed by atoms with Gasteiger partial charge in [0.1, 0.15) is 5.82 Å². The molecule has 2 N–H and O–H groups in total. The summed E-state index contributed by atoms with van der Waals surface area (Å²) < 4.78 is 47.2. The number of benzene rings is 2. The molecule has 12 heteroatoms. The molecule has 0 amide bonds. The second-order valence-corrected chi connectivity index (χ2v) is 11.7. The van der Waals surface area contributed by atoms with Gasteiger partial charge in [0.25, 0.3) is 10.0 Å². The standard InChI is InChI=1S/C26H32FN7O3S/c1-17-10-24(30-20-6-4-19(27)5-7-20)18(14-28)11-23(17)25-16-33(38(35,36)26-15-29-32(2)31-26)8-9-34(25)21-12-22(13-21)37-3/h4-7,10-11,14-15,21-22,25,28,30H,8-9,12-13,16H2,1-3H3/t21?,22?,25-/m0/s1. The Kier molecular flexibility index (Phi) is 7.32. The lowest BCUT2D eigenvalue weighted by molar-refractivity contribution is -0.0540. The summed E-state index contributed by atoms with van der Waals surface area (Å²) in [4.78, 5) is 3.62. The maximum absolute atomic E-state index is 13.4. The summed E-state index contributed by atoms with van der Waals surface area (Å²) in [5, 5.41) is 19.3. The van der Waals surface area contributed by atoms with Gasteiger partial charge in [-0.3, -0.25) is 4.90 Å². The molecule has 2 aromatic carbocycles. The van der Waals surface area contributed by atoms with Crippen LogP contribution in [0.3, 0.4) is 0 Å². The lowest BCUT2D eigenvalue weighted by Crippen LogP contribution is -2.57. The minimum Gasteiger partial charge on any atom is -0.381 e. The minimum atomic E-state index is -3.82. The highest BCUT2D eigenvalue weighted by Gasteiger charge is 2.43. The van der Waals surface area contributed by atoms with Crippen molar-refractivity contribution < 1.29 is 17.5 Å². The molecule has 1 atom stereocenters. The number of anilines is 2. The van der Waals surface area contributed by atoms with E-state index in [2.05, 4.69) is 20.4 Å². The summed E-state index contributed by atoms with van der Waals surface area (Å²) in [6.07, 6.45) is 4.55. The number of halogens is 1. The number of methoxy groups -OCH3 is 1. The Morgan fingerprint density at radius 3 is 2.55 bits per heavy atom. The number of aromatic nitrogens is 3. The van der Waals surface area contributed by atoms with Gasteiger partial charge < -0.3 is 15.5 Å². The van der Waals surface area contributed by atoms with E-state index in [-0.39, 0.29) is 35.6 Å². The van der Waals surface area contributed by atoms with Crippen molar-refractivity contribution in [3.05, 3.63) is 65.1 Å². The molecule has 5 rings (SSSR count). The first kappa shape index (κ1) is 26.4. The molecule has 38 heavy (non-hydrogen) atoms. The Morgan fingerprint density at radius 2 is 1.92 bits per heavy atom. The van der Waals surface area contributed by atoms with Crippen LogP contribution in [0, 0.1) is 18.2 Å². The molecule has 0 radical (unpaired) electrons. The van der Waals surface area contributed by atoms with Crippen LogP contribution in [0.1, 0.15) is 35.6 Å². The molecular weight excluding hydrogens is 509 g/mol. The average molecular weight is 542 g/mol. The lowest BCUT2D eigenvalue weighted by Gasteiger charge is -2.50. The molecule has 2 fully saturated rings. The van der Waals surface area contributed by atoms with Crippen molar-refractivity contribution in [2.24, 2.45) is 7.05 Å². The van der Waals surface area contributed by atoms with E-state index in [4.69, 9.17) is 10.1 Å². The number of rotatable bonds is 8. The van der Waals surface area contributed by atoms with Gasteiger partial charge in [-0.05, 0) is 67.3 Å². The first-order valence-corrected chi connectivity index (χ1v) is 14.0. The van der Waals surface area contributed by atoms with E-state index in [0.29, 0.717) is 24.3 Å². The highest BCUT2D eigenvalue weighted by atomic mass is 32.2. The van der Waals surface area contributed by atoms with Gasteiger partial charge in [-0.25, -0.2) is 12.8 Å². The number of piperazine rings is 1. The van der Waals surface area contributed by atoms with Crippen molar-refractivity contribution in [1.82, 2.24) is 24.2 Å². The number of nitrogens with zero attached hydrogens (tertiary/aromatic N) is 5. The monoisotopic (exact) mass is 541 g/mol. The predicted molar refractivity (Wildman–Crippen MR) is 142 cm³/mol. The van der Waals surface area contributed by atoms with E-state index in [0.717, 1.165) is 29.7 Å². The van der Waals surface area contributed by atoms with E-state index in [1.165, 1.54) is 33.6 Å². The second kappa shape index (κ2) is 10.5. The lowest BCUT2D eigenvalue weighted by atomic mass is 9.84. The second-order valence-electron chi connectivity index (χ2n) is 9.84. The van der Waals surface area contributed by atoms with Gasteiger partial charge in [0.2, 0.25) is 5.03 Å². The Morgan fingerprint density at radius 1 is 1.18 bits per heavy atom. The molecule has 1 saturated heterocycles. The van der Waals surface area contributed by atoms with Crippen LogP contribution in [0.25, 0.3) is 0 Å². The van der Waals surface area contributed by atoms with Crippen molar-refractivity contribution in [1.29, 1.82) is 5.41 Å². The highest BCUT2D eigenvalue weighted by molar-refractivity contribution is 7.89. The third-order valence-corrected chi connectivity index (χ3v) is 9.24. The predicted octanol–water partition coefficient (Wildman–Crippen LogP) is 3.23. The van der Waals surface area contributed by atoms with Crippen LogP contribution in [0.4, 0.5) is 15.8 Å². The van der Waals surface area contributed by atoms with Crippen LogP contribution in [0.15, 0.2) is 47.6 Å². The van der Waals surface area contributed by atoms with Crippen molar-refractivity contribution in [2.75, 3.05) is 32.1 Å². The fourth-order valence-corrected chi connectivity index (χ4v) is 6.63. The Labute approximate surface area is 222 Å². The summed E-state index contributed by atoms with van der Waals surface area (Å²) in [5.41, 5.74) is 4.03. The van der Waals surface area contributed by atoms with Gasteiger partial charge in [-0.2, -0.15) is 14.2 Å². The molecule has 1 saturated carbocycles. The van der Waals surface area contributed by atoms with Gasteiger partial charge in [-0.1, -0.05) is 0 Å². The largest absolute Gasteiger partial charge is 0.381 e. The molecule has 3 aromatic rings. The molecule has 2 aliphatic rings. The van der Waals surface area contributed by atoms with Crippen LogP contribution in [-0.4, -0.2) is 77.7 Å². The quantitative estimate of drug-likeness (QED) is 0.421. The van der Waals surface area contributed by atoms with Crippen LogP contribution in [0.5, 0.6) is 0 Å². The Bertz CT molecular complexity index is 1420. The minimum absolute atomic E-state index is 0.0639. The van der Waals surface area contributed by atoms with Gasteiger partial charge in [0.05, 0.1) is 12.3 Å². The summed E-state index contributed by atoms with van der Waals surface area (Å²) in [6.45, 7) is 3.17. The maximum Gasteiger partial charge on any atom is 0.264 e. The first-order valence-electron chi connectivity index (χ1n) is 12.5. The topological polar surface area (TPSA) is 116 Å². The SMILES string of the molecule is COC1CC(N2CCN(S(=O)(=O)c3cnn(C)n3)C[C@H]2c2cc(C=N)c(Nc3ccc(F)cc3)cc2C)C1. The van der Waals surface area contributed by atoms with E-state index in [9.17, 15) is 12.8 Å². The number of nitrogens with one attached hydrogen (secondary N) is 2. The Balaban J connectivity index is 1.48. The molecule has 1 aliphatic carbocycles. The maximum atomic E-state index is 13.4. The average Bonchev–Trinajstić information content (AvgIpc) is 3.32. The Hall–Kier alpha value is -3.19. The summed E-state index contributed by atoms with van der Waals surface area (Å²) in [6, 6.07) is 10.0. The van der Waals surface area contributed by atoms with E-state index < -0.39 is 10.0 Å². The van der Waals surface area contributed by atoms with Crippen LogP contribution < -0.4 is 5.32 Å². The summed E-state index contributed by atoms with van der Waals surface area (Å²) >= 11 is 0. The van der Waals surface area contributed by atoms with Crippen LogP contribution >= 0.6 is 0 Å². The van der Waals surface area contributed by atoms with Gasteiger partial charge in [0.15, 0.2) is 0 Å². The van der Waals surface area contributed by atoms with Crippen molar-refractivity contribution in [3.8, 4) is 0 Å². The molecule has 0 spiro atoms. The fourth-order valence-electron chi connectivity index (χ4n) is 5.30. The normalized spacial score (nSPS) is 22.7. The highest BCUT2D eigenvalue weighted by Crippen LogP contribution is 2.39. The third kappa shape index (κ3) is 5.08. The van der Waals surface area contributed by atoms with Gasteiger partial charge in [-0.15, -0.1) is 5.10 Å². The zero-order valence-electron chi connectivity index (χ0n) is 21.6. The number of sulfonamides is 1. The number of aryl methyl sites for hydroxylation is 2. The van der Waals surface area contributed by atoms with Crippen molar-refractivity contribution in [3.63, 3.8) is 0 Å². The van der Waals surface area contributed by atoms with Gasteiger partial charge in [0, 0.05) is 69.0 Å². The summed E-state index contributed by atoms with van der Waals surface area (Å²) in [7, 11) is -0.508. The molecule has 1 aromatic heterocycles. The van der Waals surface area contributed by atoms with Crippen LogP contribution in [-0.2, 0) is 21.8 Å². The van der Waals surface area contributed by atoms with Gasteiger partial charge >= 0.3 is 0 Å². The molecule has 0 unspecified atom stereocenters. The zero-order valence-corrected chi connectivity index (χ0v) is 22.4. The fraction of sp³-hybridized carbons (Fsp3) is 0.423. The zero-order chi connectivity index (χ0) is 27.0. The summed E-state index contributed by atoms with van der Waals surface area (Å²) in [5.74, 6) is -0.320. The van der Waals surface area contributed by atoms with E-state index in [1.54, 1.807) is 26.3 Å². The molecule has 1 aliphatic heterocycles. The number of hydrogen-bond donors (Lipinski definition) is 2. The molecule has 0 bridgehead atoms. The number of ether oxygens (including phenoxy) is 1. The molecule has 10 nitrogen and oxygen atoms in total. The first-order chi connectivity index (χ1) is 18.2. The number of hydrogen-bond acceptors (Lipinski definition) is 8. The molecule has 202 valence electrons. The van der Waals surface area contributed by atoms with Crippen molar-refractivity contribution in [2.45, 2.75) is 43.0 Å². The van der Waals surface area contributed by atoms with Crippen LogP contribution in [0.2, 0.25) is 0 Å². The van der Waals surface area contributed by atoms with E-state index in [1.807, 2.05) is 19.1 Å². The molecule has 2 heterocycles. The van der Waals surface area contributed by atoms with Crippen molar-refractivity contribution >= 4 is 27.6 Å². The molecular formula is C26H32FN7O3S.